The van der Waals surface area contributed by atoms with E-state index in [1.54, 1.807) is 6.07 Å². The summed E-state index contributed by atoms with van der Waals surface area (Å²) in [5.41, 5.74) is 0.302. The van der Waals surface area contributed by atoms with Crippen LogP contribution in [0.15, 0.2) is 18.2 Å². The minimum Gasteiger partial charge on any atom is -0.507 e. The number of hydrogen-bond donors (Lipinski definition) is 2. The van der Waals surface area contributed by atoms with E-state index in [0.717, 1.165) is 24.8 Å². The van der Waals surface area contributed by atoms with E-state index in [0.29, 0.717) is 18.4 Å². The van der Waals surface area contributed by atoms with Gasteiger partial charge in [0.25, 0.3) is 0 Å². The maximum Gasteiger partial charge on any atom is 0.314 e. The average molecular weight is 276 g/mol. The van der Waals surface area contributed by atoms with Crippen molar-refractivity contribution in [2.24, 2.45) is 0 Å². The van der Waals surface area contributed by atoms with E-state index in [9.17, 15) is 15.0 Å². The quantitative estimate of drug-likeness (QED) is 0.859. The van der Waals surface area contributed by atoms with Crippen LogP contribution in [0.25, 0.3) is 0 Å². The first-order valence-electron chi connectivity index (χ1n) is 7.35. The Kier molecular flexibility index (Phi) is 3.81. The normalized spacial score (nSPS) is 18.8. The zero-order valence-corrected chi connectivity index (χ0v) is 12.6. The second-order valence-corrected chi connectivity index (χ2v) is 6.90. The number of hydrogen-bond acceptors (Lipinski definition) is 2. The van der Waals surface area contributed by atoms with Crippen molar-refractivity contribution in [3.05, 3.63) is 29.3 Å². The molecule has 20 heavy (non-hydrogen) atoms. The van der Waals surface area contributed by atoms with Gasteiger partial charge in [-0.3, -0.25) is 4.79 Å². The molecule has 0 saturated heterocycles. The van der Waals surface area contributed by atoms with Gasteiger partial charge in [-0.25, -0.2) is 0 Å². The summed E-state index contributed by atoms with van der Waals surface area (Å²) in [6, 6.07) is 5.54. The summed E-state index contributed by atoms with van der Waals surface area (Å²) in [5, 5.41) is 20.4. The number of phenolic OH excluding ortho intramolecular Hbond substituents is 1. The Morgan fingerprint density at radius 3 is 2.25 bits per heavy atom. The Hall–Kier alpha value is -1.51. The molecule has 0 heterocycles. The lowest BCUT2D eigenvalue weighted by Gasteiger charge is -2.35. The smallest absolute Gasteiger partial charge is 0.314 e. The third kappa shape index (κ3) is 2.41. The average Bonchev–Trinajstić information content (AvgIpc) is 2.38. The number of aliphatic carboxylic acids is 1. The van der Waals surface area contributed by atoms with Gasteiger partial charge in [0, 0.05) is 5.56 Å². The van der Waals surface area contributed by atoms with Gasteiger partial charge < -0.3 is 10.2 Å². The van der Waals surface area contributed by atoms with Crippen molar-refractivity contribution in [1.29, 1.82) is 0 Å². The van der Waals surface area contributed by atoms with Gasteiger partial charge in [0.2, 0.25) is 0 Å². The molecule has 0 atom stereocenters. The molecule has 0 radical (unpaired) electrons. The van der Waals surface area contributed by atoms with Crippen molar-refractivity contribution in [3.8, 4) is 5.75 Å². The maximum atomic E-state index is 11.9. The summed E-state index contributed by atoms with van der Waals surface area (Å²) in [4.78, 5) is 11.9. The summed E-state index contributed by atoms with van der Waals surface area (Å²) in [6.45, 7) is 6.08. The first kappa shape index (κ1) is 14.9. The fraction of sp³-hybridized carbons (Fsp3) is 0.588. The van der Waals surface area contributed by atoms with Crippen LogP contribution in [0.1, 0.15) is 64.0 Å². The number of phenols is 1. The van der Waals surface area contributed by atoms with Crippen LogP contribution in [-0.2, 0) is 15.6 Å². The van der Waals surface area contributed by atoms with Gasteiger partial charge >= 0.3 is 5.97 Å². The van der Waals surface area contributed by atoms with Crippen LogP contribution in [0.3, 0.4) is 0 Å². The molecule has 0 amide bonds. The lowest BCUT2D eigenvalue weighted by molar-refractivity contribution is -0.145. The number of carboxylic acid groups (broad SMARTS) is 1. The zero-order valence-electron chi connectivity index (χ0n) is 12.6. The highest BCUT2D eigenvalue weighted by Gasteiger charge is 2.43. The van der Waals surface area contributed by atoms with Crippen molar-refractivity contribution >= 4 is 5.97 Å². The molecule has 1 aliphatic rings. The van der Waals surface area contributed by atoms with Crippen molar-refractivity contribution in [1.82, 2.24) is 0 Å². The molecule has 1 aromatic rings. The standard InChI is InChI=1S/C17H24O3/c1-16(2,3)12-8-7-9-13(14(12)18)17(15(19)20)10-5-4-6-11-17/h7-9,18H,4-6,10-11H2,1-3H3,(H,19,20). The van der Waals surface area contributed by atoms with E-state index in [2.05, 4.69) is 0 Å². The maximum absolute atomic E-state index is 11.9. The molecule has 1 fully saturated rings. The molecule has 0 spiro atoms. The molecule has 0 aromatic heterocycles. The molecule has 1 saturated carbocycles. The fourth-order valence-corrected chi connectivity index (χ4v) is 3.29. The monoisotopic (exact) mass is 276 g/mol. The molecule has 0 bridgehead atoms. The Bertz CT molecular complexity index is 505. The van der Waals surface area contributed by atoms with Crippen molar-refractivity contribution in [3.63, 3.8) is 0 Å². The predicted molar refractivity (Wildman–Crippen MR) is 79.2 cm³/mol. The summed E-state index contributed by atoms with van der Waals surface area (Å²) in [7, 11) is 0. The van der Waals surface area contributed by atoms with Crippen LogP contribution in [0.4, 0.5) is 0 Å². The van der Waals surface area contributed by atoms with Gasteiger partial charge in [-0.05, 0) is 23.8 Å². The number of benzene rings is 1. The van der Waals surface area contributed by atoms with Gasteiger partial charge in [0.1, 0.15) is 5.75 Å². The lowest BCUT2D eigenvalue weighted by Crippen LogP contribution is -2.38. The van der Waals surface area contributed by atoms with Gasteiger partial charge in [0.05, 0.1) is 5.41 Å². The molecular weight excluding hydrogens is 252 g/mol. The van der Waals surface area contributed by atoms with Crippen molar-refractivity contribution in [2.75, 3.05) is 0 Å². The molecule has 2 rings (SSSR count). The van der Waals surface area contributed by atoms with Crippen LogP contribution in [0, 0.1) is 0 Å². The van der Waals surface area contributed by atoms with E-state index < -0.39 is 11.4 Å². The predicted octanol–water partition coefficient (Wildman–Crippen LogP) is 3.98. The number of para-hydroxylation sites is 1. The SMILES string of the molecule is CC(C)(C)c1cccc(C2(C(=O)O)CCCCC2)c1O. The van der Waals surface area contributed by atoms with E-state index in [1.807, 2.05) is 32.9 Å². The van der Waals surface area contributed by atoms with E-state index in [1.165, 1.54) is 0 Å². The molecule has 2 N–H and O–H groups in total. The van der Waals surface area contributed by atoms with E-state index in [4.69, 9.17) is 0 Å². The molecule has 3 nitrogen and oxygen atoms in total. The third-order valence-corrected chi connectivity index (χ3v) is 4.48. The highest BCUT2D eigenvalue weighted by Crippen LogP contribution is 2.46. The van der Waals surface area contributed by atoms with Crippen LogP contribution in [0.5, 0.6) is 5.75 Å². The topological polar surface area (TPSA) is 57.5 Å². The third-order valence-electron chi connectivity index (χ3n) is 4.48. The molecule has 0 unspecified atom stereocenters. The molecule has 0 aliphatic heterocycles. The summed E-state index contributed by atoms with van der Waals surface area (Å²) < 4.78 is 0. The van der Waals surface area contributed by atoms with Gasteiger partial charge in [0.15, 0.2) is 0 Å². The lowest BCUT2D eigenvalue weighted by atomic mass is 9.68. The molecular formula is C17H24O3. The molecule has 110 valence electrons. The first-order chi connectivity index (χ1) is 9.29. The van der Waals surface area contributed by atoms with Gasteiger partial charge in [-0.1, -0.05) is 58.2 Å². The Labute approximate surface area is 120 Å². The minimum absolute atomic E-state index is 0.171. The first-order valence-corrected chi connectivity index (χ1v) is 7.35. The number of rotatable bonds is 2. The Balaban J connectivity index is 2.58. The number of carbonyl (C=O) groups is 1. The molecule has 3 heteroatoms. The summed E-state index contributed by atoms with van der Waals surface area (Å²) in [6.07, 6.45) is 4.12. The number of aromatic hydroxyl groups is 1. The van der Waals surface area contributed by atoms with E-state index in [-0.39, 0.29) is 11.2 Å². The Morgan fingerprint density at radius 1 is 1.15 bits per heavy atom. The van der Waals surface area contributed by atoms with Gasteiger partial charge in [-0.2, -0.15) is 0 Å². The highest BCUT2D eigenvalue weighted by atomic mass is 16.4. The highest BCUT2D eigenvalue weighted by molar-refractivity contribution is 5.83. The summed E-state index contributed by atoms with van der Waals surface area (Å²) in [5.74, 6) is -0.636. The van der Waals surface area contributed by atoms with Crippen LogP contribution >= 0.6 is 0 Å². The van der Waals surface area contributed by atoms with Crippen LogP contribution < -0.4 is 0 Å². The fourth-order valence-electron chi connectivity index (χ4n) is 3.29. The van der Waals surface area contributed by atoms with Crippen LogP contribution in [-0.4, -0.2) is 16.2 Å². The summed E-state index contributed by atoms with van der Waals surface area (Å²) >= 11 is 0. The second-order valence-electron chi connectivity index (χ2n) is 6.90. The molecule has 1 aliphatic carbocycles. The van der Waals surface area contributed by atoms with Crippen LogP contribution in [0.2, 0.25) is 0 Å². The van der Waals surface area contributed by atoms with E-state index >= 15 is 0 Å². The van der Waals surface area contributed by atoms with Crippen molar-refractivity contribution in [2.45, 2.75) is 63.7 Å². The molecule has 1 aromatic carbocycles. The zero-order chi connectivity index (χ0) is 15.0. The second kappa shape index (κ2) is 5.12. The largest absolute Gasteiger partial charge is 0.507 e. The van der Waals surface area contributed by atoms with Crippen molar-refractivity contribution < 1.29 is 15.0 Å². The minimum atomic E-state index is -0.913. The number of carboxylic acids is 1. The Morgan fingerprint density at radius 2 is 1.75 bits per heavy atom. The van der Waals surface area contributed by atoms with Gasteiger partial charge in [-0.15, -0.1) is 0 Å².